The number of carbonyl (C=O) groups is 1. The van der Waals surface area contributed by atoms with Gasteiger partial charge in [0.2, 0.25) is 5.91 Å². The third-order valence-corrected chi connectivity index (χ3v) is 6.74. The van der Waals surface area contributed by atoms with Crippen molar-refractivity contribution in [3.63, 3.8) is 0 Å². The molecule has 2 aliphatic heterocycles. The summed E-state index contributed by atoms with van der Waals surface area (Å²) in [6, 6.07) is 0. The fraction of sp³-hybridized carbons (Fsp3) is 0.900. The second kappa shape index (κ2) is 9.07. The Morgan fingerprint density at radius 1 is 0.962 bits per heavy atom. The molecule has 3 rings (SSSR count). The second-order valence-electron chi connectivity index (χ2n) is 8.31. The van der Waals surface area contributed by atoms with Crippen molar-refractivity contribution in [1.82, 2.24) is 20.0 Å². The predicted octanol–water partition coefficient (Wildman–Crippen LogP) is 1.77. The van der Waals surface area contributed by atoms with Crippen LogP contribution in [-0.4, -0.2) is 86.0 Å². The largest absolute Gasteiger partial charge is 0.356 e. The van der Waals surface area contributed by atoms with Crippen molar-refractivity contribution in [3.05, 3.63) is 0 Å². The summed E-state index contributed by atoms with van der Waals surface area (Å²) in [4.78, 5) is 23.5. The van der Waals surface area contributed by atoms with Crippen LogP contribution in [0.4, 0.5) is 0 Å². The molecule has 1 aliphatic carbocycles. The Bertz CT molecular complexity index is 486. The van der Waals surface area contributed by atoms with Gasteiger partial charge in [0.25, 0.3) is 0 Å². The lowest BCUT2D eigenvalue weighted by atomic mass is 9.83. The SMILES string of the molecule is CCC1(CNC(=NC)N2CCN(CC(=O)N3CCCC3)CC2)CCCC1. The van der Waals surface area contributed by atoms with Gasteiger partial charge in [0.05, 0.1) is 6.54 Å². The number of rotatable bonds is 5. The summed E-state index contributed by atoms with van der Waals surface area (Å²) < 4.78 is 0. The molecule has 0 aromatic carbocycles. The number of nitrogens with zero attached hydrogens (tertiary/aromatic N) is 4. The lowest BCUT2D eigenvalue weighted by Gasteiger charge is -2.38. The number of piperazine rings is 1. The van der Waals surface area contributed by atoms with Crippen molar-refractivity contribution in [1.29, 1.82) is 0 Å². The normalized spacial score (nSPS) is 24.3. The van der Waals surface area contributed by atoms with Crippen LogP contribution in [0.3, 0.4) is 0 Å². The minimum Gasteiger partial charge on any atom is -0.356 e. The van der Waals surface area contributed by atoms with E-state index in [0.717, 1.165) is 51.8 Å². The summed E-state index contributed by atoms with van der Waals surface area (Å²) >= 11 is 0. The average Bonchev–Trinajstić information content (AvgIpc) is 3.36. The van der Waals surface area contributed by atoms with Gasteiger partial charge in [0, 0.05) is 52.9 Å². The van der Waals surface area contributed by atoms with Gasteiger partial charge in [-0.15, -0.1) is 0 Å². The van der Waals surface area contributed by atoms with E-state index in [9.17, 15) is 4.79 Å². The topological polar surface area (TPSA) is 51.2 Å². The number of hydrogen-bond acceptors (Lipinski definition) is 3. The number of amides is 1. The molecular weight excluding hydrogens is 326 g/mol. The molecule has 3 aliphatic rings. The van der Waals surface area contributed by atoms with Crippen molar-refractivity contribution >= 4 is 11.9 Å². The van der Waals surface area contributed by atoms with Crippen LogP contribution in [0.2, 0.25) is 0 Å². The molecule has 1 saturated carbocycles. The molecule has 0 aromatic rings. The van der Waals surface area contributed by atoms with Gasteiger partial charge in [0.1, 0.15) is 0 Å². The fourth-order valence-corrected chi connectivity index (χ4v) is 4.75. The highest BCUT2D eigenvalue weighted by Crippen LogP contribution is 2.40. The van der Waals surface area contributed by atoms with Crippen LogP contribution in [0.15, 0.2) is 4.99 Å². The molecule has 6 heteroatoms. The van der Waals surface area contributed by atoms with Crippen LogP contribution in [0.5, 0.6) is 0 Å². The molecule has 26 heavy (non-hydrogen) atoms. The van der Waals surface area contributed by atoms with Crippen LogP contribution in [-0.2, 0) is 4.79 Å². The molecule has 0 spiro atoms. The Labute approximate surface area is 159 Å². The summed E-state index contributed by atoms with van der Waals surface area (Å²) in [6.45, 7) is 9.65. The number of carbonyl (C=O) groups excluding carboxylic acids is 1. The van der Waals surface area contributed by atoms with Crippen LogP contribution in [0, 0.1) is 5.41 Å². The highest BCUT2D eigenvalue weighted by atomic mass is 16.2. The molecule has 0 bridgehead atoms. The number of nitrogens with one attached hydrogen (secondary N) is 1. The molecule has 1 N–H and O–H groups in total. The van der Waals surface area contributed by atoms with Gasteiger partial charge < -0.3 is 15.1 Å². The maximum atomic E-state index is 12.3. The zero-order valence-corrected chi connectivity index (χ0v) is 16.8. The molecule has 0 atom stereocenters. The fourth-order valence-electron chi connectivity index (χ4n) is 4.75. The van der Waals surface area contributed by atoms with Gasteiger partial charge in [0.15, 0.2) is 5.96 Å². The minimum absolute atomic E-state index is 0.310. The van der Waals surface area contributed by atoms with Crippen molar-refractivity contribution in [3.8, 4) is 0 Å². The van der Waals surface area contributed by atoms with E-state index in [2.05, 4.69) is 27.0 Å². The highest BCUT2D eigenvalue weighted by molar-refractivity contribution is 5.80. The Kier molecular flexibility index (Phi) is 6.79. The van der Waals surface area contributed by atoms with E-state index in [1.54, 1.807) is 0 Å². The smallest absolute Gasteiger partial charge is 0.236 e. The summed E-state index contributed by atoms with van der Waals surface area (Å²) in [5, 5.41) is 3.66. The van der Waals surface area contributed by atoms with E-state index in [1.165, 1.54) is 44.9 Å². The molecule has 1 amide bonds. The molecule has 0 radical (unpaired) electrons. The highest BCUT2D eigenvalue weighted by Gasteiger charge is 2.32. The van der Waals surface area contributed by atoms with Crippen LogP contribution < -0.4 is 5.32 Å². The molecule has 148 valence electrons. The first-order valence-corrected chi connectivity index (χ1v) is 10.6. The summed E-state index contributed by atoms with van der Waals surface area (Å²) in [6.07, 6.45) is 9.03. The van der Waals surface area contributed by atoms with E-state index in [-0.39, 0.29) is 0 Å². The van der Waals surface area contributed by atoms with Gasteiger partial charge >= 0.3 is 0 Å². The molecule has 6 nitrogen and oxygen atoms in total. The van der Waals surface area contributed by atoms with Crippen molar-refractivity contribution < 1.29 is 4.79 Å². The Balaban J connectivity index is 1.43. The third kappa shape index (κ3) is 4.70. The van der Waals surface area contributed by atoms with E-state index >= 15 is 0 Å². The minimum atomic E-state index is 0.310. The molecule has 3 fully saturated rings. The van der Waals surface area contributed by atoms with Crippen molar-refractivity contribution in [2.24, 2.45) is 10.4 Å². The monoisotopic (exact) mass is 363 g/mol. The Morgan fingerprint density at radius 3 is 2.19 bits per heavy atom. The first-order valence-electron chi connectivity index (χ1n) is 10.6. The maximum absolute atomic E-state index is 12.3. The quantitative estimate of drug-likeness (QED) is 0.597. The molecule has 2 saturated heterocycles. The van der Waals surface area contributed by atoms with Gasteiger partial charge in [-0.05, 0) is 37.5 Å². The standard InChI is InChI=1S/C20H37N5O/c1-3-20(8-4-5-9-20)17-22-19(21-2)25-14-12-23(13-15-25)16-18(26)24-10-6-7-11-24/h3-17H2,1-2H3,(H,21,22). The van der Waals surface area contributed by atoms with E-state index in [4.69, 9.17) is 0 Å². The first kappa shape index (κ1) is 19.5. The molecule has 2 heterocycles. The number of likely N-dealkylation sites (tertiary alicyclic amines) is 1. The van der Waals surface area contributed by atoms with Crippen LogP contribution >= 0.6 is 0 Å². The van der Waals surface area contributed by atoms with Crippen molar-refractivity contribution in [2.45, 2.75) is 51.9 Å². The van der Waals surface area contributed by atoms with E-state index in [1.807, 2.05) is 11.9 Å². The van der Waals surface area contributed by atoms with Gasteiger partial charge in [-0.25, -0.2) is 0 Å². The van der Waals surface area contributed by atoms with E-state index < -0.39 is 0 Å². The number of guanidine groups is 1. The lowest BCUT2D eigenvalue weighted by Crippen LogP contribution is -2.55. The van der Waals surface area contributed by atoms with Crippen LogP contribution in [0.25, 0.3) is 0 Å². The zero-order valence-electron chi connectivity index (χ0n) is 16.8. The Morgan fingerprint density at radius 2 is 1.62 bits per heavy atom. The predicted molar refractivity (Wildman–Crippen MR) is 106 cm³/mol. The van der Waals surface area contributed by atoms with Gasteiger partial charge in [-0.2, -0.15) is 0 Å². The van der Waals surface area contributed by atoms with E-state index in [0.29, 0.717) is 17.9 Å². The Hall–Kier alpha value is -1.30. The number of hydrogen-bond donors (Lipinski definition) is 1. The maximum Gasteiger partial charge on any atom is 0.236 e. The summed E-state index contributed by atoms with van der Waals surface area (Å²) in [7, 11) is 1.89. The van der Waals surface area contributed by atoms with Gasteiger partial charge in [-0.3, -0.25) is 14.7 Å². The number of aliphatic imine (C=N–C) groups is 1. The molecule has 0 unspecified atom stereocenters. The molecule has 0 aromatic heterocycles. The second-order valence-corrected chi connectivity index (χ2v) is 8.31. The summed E-state index contributed by atoms with van der Waals surface area (Å²) in [5.41, 5.74) is 0.472. The van der Waals surface area contributed by atoms with Gasteiger partial charge in [-0.1, -0.05) is 19.8 Å². The third-order valence-electron chi connectivity index (χ3n) is 6.74. The lowest BCUT2D eigenvalue weighted by molar-refractivity contribution is -0.131. The first-order chi connectivity index (χ1) is 12.7. The zero-order chi connectivity index (χ0) is 18.4. The molecular formula is C20H37N5O. The average molecular weight is 364 g/mol. The van der Waals surface area contributed by atoms with Crippen LogP contribution in [0.1, 0.15) is 51.9 Å². The summed E-state index contributed by atoms with van der Waals surface area (Å²) in [5.74, 6) is 1.35. The van der Waals surface area contributed by atoms with Crippen molar-refractivity contribution in [2.75, 3.05) is 59.4 Å².